The molecule has 1 aliphatic rings. The lowest BCUT2D eigenvalue weighted by Crippen LogP contribution is -2.43. The topological polar surface area (TPSA) is 75.7 Å². The van der Waals surface area contributed by atoms with Crippen LogP contribution in [0.4, 0.5) is 13.2 Å². The highest BCUT2D eigenvalue weighted by atomic mass is 19.1. The second-order valence-corrected chi connectivity index (χ2v) is 7.40. The minimum atomic E-state index is -0.970. The summed E-state index contributed by atoms with van der Waals surface area (Å²) in [5.74, 6) is -1.04. The summed E-state index contributed by atoms with van der Waals surface area (Å²) in [6, 6.07) is 8.74. The highest BCUT2D eigenvalue weighted by Crippen LogP contribution is 2.32. The summed E-state index contributed by atoms with van der Waals surface area (Å²) in [5.41, 5.74) is 1.85. The number of aromatic amines is 1. The zero-order valence-electron chi connectivity index (χ0n) is 16.3. The van der Waals surface area contributed by atoms with Crippen molar-refractivity contribution in [2.75, 3.05) is 13.1 Å². The third-order valence-electron chi connectivity index (χ3n) is 5.21. The van der Waals surface area contributed by atoms with E-state index in [9.17, 15) is 13.2 Å². The van der Waals surface area contributed by atoms with Crippen molar-refractivity contribution >= 4 is 10.9 Å². The third-order valence-corrected chi connectivity index (χ3v) is 5.21. The normalized spacial score (nSPS) is 18.9. The number of nitrogens with one attached hydrogen (secondary N) is 2. The van der Waals surface area contributed by atoms with Crippen LogP contribution in [0.1, 0.15) is 6.42 Å². The number of hydrogen-bond acceptors (Lipinski definition) is 5. The monoisotopic (exact) mass is 425 g/mol. The molecule has 9 heteroatoms. The van der Waals surface area contributed by atoms with E-state index in [1.165, 1.54) is 30.6 Å². The quantitative estimate of drug-likeness (QED) is 0.516. The lowest BCUT2D eigenvalue weighted by atomic mass is 10.0. The number of hydrogen-bond donors (Lipinski definition) is 2. The molecule has 3 heterocycles. The van der Waals surface area contributed by atoms with Crippen LogP contribution in [0.3, 0.4) is 0 Å². The van der Waals surface area contributed by atoms with Crippen LogP contribution in [0, 0.1) is 11.6 Å². The van der Waals surface area contributed by atoms with E-state index in [2.05, 4.69) is 25.5 Å². The zero-order valence-corrected chi connectivity index (χ0v) is 16.3. The van der Waals surface area contributed by atoms with E-state index in [0.717, 1.165) is 0 Å². The molecule has 0 amide bonds. The van der Waals surface area contributed by atoms with Gasteiger partial charge in [-0.2, -0.15) is 5.10 Å². The van der Waals surface area contributed by atoms with Crippen molar-refractivity contribution in [3.8, 4) is 28.4 Å². The van der Waals surface area contributed by atoms with Gasteiger partial charge in [0.1, 0.15) is 35.3 Å². The van der Waals surface area contributed by atoms with Crippen molar-refractivity contribution < 1.29 is 17.9 Å². The van der Waals surface area contributed by atoms with E-state index < -0.39 is 17.8 Å². The number of halogens is 3. The Hall–Kier alpha value is -3.46. The number of piperidine rings is 1. The number of alkyl halides is 1. The van der Waals surface area contributed by atoms with Crippen LogP contribution >= 0.6 is 0 Å². The summed E-state index contributed by atoms with van der Waals surface area (Å²) >= 11 is 0. The second kappa shape index (κ2) is 7.99. The van der Waals surface area contributed by atoms with E-state index >= 15 is 0 Å². The van der Waals surface area contributed by atoms with E-state index in [1.54, 1.807) is 18.2 Å². The molecule has 2 N–H and O–H groups in total. The average Bonchev–Trinajstić information content (AvgIpc) is 3.17. The molecule has 1 saturated heterocycles. The van der Waals surface area contributed by atoms with Gasteiger partial charge in [-0.05, 0) is 29.8 Å². The molecule has 6 nitrogen and oxygen atoms in total. The van der Waals surface area contributed by atoms with Gasteiger partial charge in [0.05, 0.1) is 23.5 Å². The van der Waals surface area contributed by atoms with Gasteiger partial charge in [0.2, 0.25) is 5.88 Å². The summed E-state index contributed by atoms with van der Waals surface area (Å²) in [6.45, 7) is 0.838. The molecule has 0 radical (unpaired) electrons. The molecule has 0 saturated carbocycles. The molecule has 1 fully saturated rings. The van der Waals surface area contributed by atoms with Gasteiger partial charge >= 0.3 is 0 Å². The van der Waals surface area contributed by atoms with Gasteiger partial charge in [0.15, 0.2) is 0 Å². The van der Waals surface area contributed by atoms with Gasteiger partial charge in [0.25, 0.3) is 0 Å². The van der Waals surface area contributed by atoms with Crippen molar-refractivity contribution in [2.24, 2.45) is 0 Å². The number of benzene rings is 2. The lowest BCUT2D eigenvalue weighted by molar-refractivity contribution is 0.111. The Bertz CT molecular complexity index is 1220. The van der Waals surface area contributed by atoms with Gasteiger partial charge in [-0.15, -0.1) is 0 Å². The van der Waals surface area contributed by atoms with Gasteiger partial charge in [-0.3, -0.25) is 10.1 Å². The Labute approximate surface area is 175 Å². The summed E-state index contributed by atoms with van der Waals surface area (Å²) in [7, 11) is 0. The van der Waals surface area contributed by atoms with Gasteiger partial charge in [0, 0.05) is 24.9 Å². The molecule has 0 aliphatic carbocycles. The molecule has 1 aliphatic heterocycles. The molecule has 5 rings (SSSR count). The molecular weight excluding hydrogens is 407 g/mol. The zero-order chi connectivity index (χ0) is 21.4. The van der Waals surface area contributed by atoms with Crippen molar-refractivity contribution in [1.29, 1.82) is 0 Å². The Morgan fingerprint density at radius 1 is 1.03 bits per heavy atom. The minimum absolute atomic E-state index is 0.106. The summed E-state index contributed by atoms with van der Waals surface area (Å²) < 4.78 is 47.9. The first kappa shape index (κ1) is 19.5. The molecule has 4 aromatic rings. The Balaban J connectivity index is 1.51. The van der Waals surface area contributed by atoms with Crippen molar-refractivity contribution in [3.63, 3.8) is 0 Å². The van der Waals surface area contributed by atoms with Crippen LogP contribution in [-0.4, -0.2) is 45.5 Å². The molecule has 0 unspecified atom stereocenters. The Morgan fingerprint density at radius 3 is 2.68 bits per heavy atom. The first-order chi connectivity index (χ1) is 15.1. The number of H-pyrrole nitrogens is 1. The maximum Gasteiger partial charge on any atom is 0.233 e. The fourth-order valence-corrected chi connectivity index (χ4v) is 3.77. The molecule has 2 aromatic carbocycles. The van der Waals surface area contributed by atoms with Crippen LogP contribution < -0.4 is 10.1 Å². The SMILES string of the molecule is Fc1cccc(F)c1-c1ccc2[nH]nc(-c3cncc(O[C@H]4CNC[C@@H](F)C4)n3)c2c1. The fraction of sp³-hybridized carbons (Fsp3) is 0.227. The van der Waals surface area contributed by atoms with Gasteiger partial charge < -0.3 is 10.1 Å². The van der Waals surface area contributed by atoms with Crippen LogP contribution in [0.25, 0.3) is 33.4 Å². The number of fused-ring (bicyclic) bond motifs is 1. The van der Waals surface area contributed by atoms with E-state index in [4.69, 9.17) is 4.74 Å². The largest absolute Gasteiger partial charge is 0.472 e. The number of rotatable bonds is 4. The van der Waals surface area contributed by atoms with Crippen LogP contribution in [0.15, 0.2) is 48.8 Å². The predicted octanol–water partition coefficient (Wildman–Crippen LogP) is 4.04. The molecule has 2 atom stereocenters. The van der Waals surface area contributed by atoms with Crippen LogP contribution in [0.5, 0.6) is 5.88 Å². The van der Waals surface area contributed by atoms with Crippen molar-refractivity contribution in [3.05, 3.63) is 60.4 Å². The molecule has 158 valence electrons. The van der Waals surface area contributed by atoms with E-state index in [0.29, 0.717) is 40.9 Å². The highest BCUT2D eigenvalue weighted by Gasteiger charge is 2.23. The predicted molar refractivity (Wildman–Crippen MR) is 109 cm³/mol. The smallest absolute Gasteiger partial charge is 0.233 e. The van der Waals surface area contributed by atoms with E-state index in [1.807, 2.05) is 0 Å². The minimum Gasteiger partial charge on any atom is -0.472 e. The van der Waals surface area contributed by atoms with Crippen molar-refractivity contribution in [1.82, 2.24) is 25.5 Å². The Kier molecular flexibility index (Phi) is 5.03. The summed E-state index contributed by atoms with van der Waals surface area (Å²) in [5, 5.41) is 10.8. The van der Waals surface area contributed by atoms with Crippen LogP contribution in [-0.2, 0) is 0 Å². The van der Waals surface area contributed by atoms with Crippen molar-refractivity contribution in [2.45, 2.75) is 18.7 Å². The maximum absolute atomic E-state index is 14.3. The number of nitrogens with zero attached hydrogens (tertiary/aromatic N) is 3. The molecule has 31 heavy (non-hydrogen) atoms. The number of aromatic nitrogens is 4. The highest BCUT2D eigenvalue weighted by molar-refractivity contribution is 5.94. The standard InChI is InChI=1S/C22H18F3N5O/c23-13-7-14(9-26-8-13)31-20-11-27-10-19(28-20)22-15-6-12(4-5-18(15)29-30-22)21-16(24)2-1-3-17(21)25/h1-6,10-11,13-14,26H,7-9H2,(H,29,30)/t13-,14+/m0/s1. The summed E-state index contributed by atoms with van der Waals surface area (Å²) in [6.07, 6.45) is 1.94. The molecular formula is C22H18F3N5O. The van der Waals surface area contributed by atoms with Gasteiger partial charge in [-0.25, -0.2) is 18.2 Å². The van der Waals surface area contributed by atoms with Crippen LogP contribution in [0.2, 0.25) is 0 Å². The Morgan fingerprint density at radius 2 is 1.87 bits per heavy atom. The third kappa shape index (κ3) is 3.84. The van der Waals surface area contributed by atoms with Gasteiger partial charge in [-0.1, -0.05) is 12.1 Å². The lowest BCUT2D eigenvalue weighted by Gasteiger charge is -2.25. The molecule has 0 bridgehead atoms. The average molecular weight is 425 g/mol. The van der Waals surface area contributed by atoms with E-state index in [-0.39, 0.29) is 24.0 Å². The molecule has 0 spiro atoms. The maximum atomic E-state index is 14.3. The molecule has 2 aromatic heterocycles. The fourth-order valence-electron chi connectivity index (χ4n) is 3.77. The number of ether oxygens (including phenoxy) is 1. The first-order valence-electron chi connectivity index (χ1n) is 9.85. The summed E-state index contributed by atoms with van der Waals surface area (Å²) in [4.78, 5) is 8.62. The second-order valence-electron chi connectivity index (χ2n) is 7.40. The first-order valence-corrected chi connectivity index (χ1v) is 9.85.